The molecule has 2 rings (SSSR count). The van der Waals surface area contributed by atoms with Crippen LogP contribution in [0.2, 0.25) is 0 Å². The first-order chi connectivity index (χ1) is 11.7. The van der Waals surface area contributed by atoms with Crippen LogP contribution in [0.5, 0.6) is 0 Å². The van der Waals surface area contributed by atoms with Crippen molar-refractivity contribution in [1.29, 1.82) is 0 Å². The minimum absolute atomic E-state index is 0.104. The zero-order valence-electron chi connectivity index (χ0n) is 15.3. The molecule has 0 unspecified atom stereocenters. The van der Waals surface area contributed by atoms with Gasteiger partial charge in [-0.25, -0.2) is 0 Å². The summed E-state index contributed by atoms with van der Waals surface area (Å²) in [5.41, 5.74) is 1.35. The normalized spacial score (nSPS) is 11.6. The van der Waals surface area contributed by atoms with Gasteiger partial charge in [-0.05, 0) is 39.7 Å². The van der Waals surface area contributed by atoms with Gasteiger partial charge in [-0.15, -0.1) is 0 Å². The van der Waals surface area contributed by atoms with Gasteiger partial charge in [-0.2, -0.15) is 0 Å². The van der Waals surface area contributed by atoms with Gasteiger partial charge in [-0.1, -0.05) is 19.0 Å². The number of hydrogen-bond acceptors (Lipinski definition) is 4. The number of nitrogens with one attached hydrogen (secondary N) is 1. The van der Waals surface area contributed by atoms with Crippen LogP contribution in [0.15, 0.2) is 16.7 Å². The molecule has 0 radical (unpaired) electrons. The molecule has 0 bridgehead atoms. The molecule has 0 aliphatic heterocycles. The molecule has 0 atom stereocenters. The highest BCUT2D eigenvalue weighted by atomic mass is 16.5. The van der Waals surface area contributed by atoms with Crippen LogP contribution in [-0.4, -0.2) is 32.2 Å². The number of amides is 1. The van der Waals surface area contributed by atoms with Crippen molar-refractivity contribution in [2.45, 2.75) is 59.4 Å². The highest BCUT2D eigenvalue weighted by molar-refractivity contribution is 5.96. The number of aromatic nitrogens is 2. The molecule has 0 saturated heterocycles. The Labute approximate surface area is 147 Å². The number of aryl methyl sites for hydroxylation is 2. The van der Waals surface area contributed by atoms with E-state index in [0.29, 0.717) is 30.0 Å². The van der Waals surface area contributed by atoms with Crippen molar-refractivity contribution >= 4 is 11.9 Å². The molecule has 0 aromatic carbocycles. The summed E-state index contributed by atoms with van der Waals surface area (Å²) in [4.78, 5) is 24.0. The first-order valence-corrected chi connectivity index (χ1v) is 8.40. The maximum absolute atomic E-state index is 12.8. The van der Waals surface area contributed by atoms with Crippen molar-refractivity contribution in [1.82, 2.24) is 15.0 Å². The maximum atomic E-state index is 12.8. The van der Waals surface area contributed by atoms with Gasteiger partial charge in [0, 0.05) is 17.5 Å². The van der Waals surface area contributed by atoms with Crippen molar-refractivity contribution in [2.75, 3.05) is 0 Å². The second-order valence-corrected chi connectivity index (χ2v) is 6.43. The number of nitrogens with zero attached hydrogens (tertiary/aromatic N) is 2. The molecule has 7 nitrogen and oxygen atoms in total. The second-order valence-electron chi connectivity index (χ2n) is 6.43. The fraction of sp³-hybridized carbons (Fsp3) is 0.500. The van der Waals surface area contributed by atoms with Crippen LogP contribution in [0, 0.1) is 20.8 Å². The summed E-state index contributed by atoms with van der Waals surface area (Å²) in [7, 11) is 0. The lowest BCUT2D eigenvalue weighted by molar-refractivity contribution is -0.138. The zero-order chi connectivity index (χ0) is 18.8. The SMILES string of the molecule is CCC(CC)(CC(=O)O)NC(=O)c1cc(C)n(-c2cc(C)on2)c1C. The molecule has 1 amide bonds. The van der Waals surface area contributed by atoms with Gasteiger partial charge in [0.15, 0.2) is 5.82 Å². The third-order valence-corrected chi connectivity index (χ3v) is 4.74. The summed E-state index contributed by atoms with van der Waals surface area (Å²) < 4.78 is 6.97. The van der Waals surface area contributed by atoms with Gasteiger partial charge < -0.3 is 14.9 Å². The zero-order valence-corrected chi connectivity index (χ0v) is 15.3. The van der Waals surface area contributed by atoms with Crippen molar-refractivity contribution in [3.63, 3.8) is 0 Å². The van der Waals surface area contributed by atoms with Crippen LogP contribution in [0.25, 0.3) is 5.82 Å². The third-order valence-electron chi connectivity index (χ3n) is 4.74. The molecule has 0 aliphatic carbocycles. The Morgan fingerprint density at radius 3 is 2.36 bits per heavy atom. The molecule has 136 valence electrons. The lowest BCUT2D eigenvalue weighted by Crippen LogP contribution is -2.49. The minimum Gasteiger partial charge on any atom is -0.481 e. The van der Waals surface area contributed by atoms with E-state index in [1.165, 1.54) is 0 Å². The van der Waals surface area contributed by atoms with Gasteiger partial charge in [0.1, 0.15) is 5.76 Å². The standard InChI is InChI=1S/C18H25N3O4/c1-6-18(7-2,10-16(22)23)19-17(24)14-8-11(3)21(13(14)5)15-9-12(4)25-20-15/h8-9H,6-7,10H2,1-5H3,(H,19,24)(H,22,23). The van der Waals surface area contributed by atoms with E-state index in [0.717, 1.165) is 11.4 Å². The smallest absolute Gasteiger partial charge is 0.305 e. The Balaban J connectivity index is 2.35. The van der Waals surface area contributed by atoms with E-state index in [1.54, 1.807) is 19.1 Å². The van der Waals surface area contributed by atoms with Gasteiger partial charge in [-0.3, -0.25) is 14.2 Å². The quantitative estimate of drug-likeness (QED) is 0.802. The van der Waals surface area contributed by atoms with Gasteiger partial charge >= 0.3 is 5.97 Å². The van der Waals surface area contributed by atoms with Crippen LogP contribution in [0.1, 0.15) is 60.6 Å². The largest absolute Gasteiger partial charge is 0.481 e. The van der Waals surface area contributed by atoms with Crippen LogP contribution in [0.4, 0.5) is 0 Å². The van der Waals surface area contributed by atoms with E-state index in [9.17, 15) is 14.7 Å². The van der Waals surface area contributed by atoms with E-state index in [-0.39, 0.29) is 12.3 Å². The molecule has 2 heterocycles. The number of carboxylic acid groups (broad SMARTS) is 1. The van der Waals surface area contributed by atoms with E-state index in [1.807, 2.05) is 32.3 Å². The van der Waals surface area contributed by atoms with E-state index >= 15 is 0 Å². The first-order valence-electron chi connectivity index (χ1n) is 8.40. The minimum atomic E-state index is -0.924. The second kappa shape index (κ2) is 7.13. The van der Waals surface area contributed by atoms with Crippen molar-refractivity contribution in [3.8, 4) is 5.82 Å². The Kier molecular flexibility index (Phi) is 5.35. The summed E-state index contributed by atoms with van der Waals surface area (Å²) in [6, 6.07) is 3.58. The summed E-state index contributed by atoms with van der Waals surface area (Å²) in [5, 5.41) is 16.1. The predicted molar refractivity (Wildman–Crippen MR) is 93.1 cm³/mol. The summed E-state index contributed by atoms with van der Waals surface area (Å²) in [6.45, 7) is 9.30. The van der Waals surface area contributed by atoms with E-state index in [2.05, 4.69) is 10.5 Å². The Hall–Kier alpha value is -2.57. The van der Waals surface area contributed by atoms with Crippen molar-refractivity contribution in [2.24, 2.45) is 0 Å². The number of carboxylic acids is 1. The molecule has 2 N–H and O–H groups in total. The first kappa shape index (κ1) is 18.8. The topological polar surface area (TPSA) is 97.4 Å². The highest BCUT2D eigenvalue weighted by Gasteiger charge is 2.32. The van der Waals surface area contributed by atoms with Gasteiger partial charge in [0.2, 0.25) is 0 Å². The molecular formula is C18H25N3O4. The lowest BCUT2D eigenvalue weighted by atomic mass is 9.88. The summed E-state index contributed by atoms with van der Waals surface area (Å²) in [5.74, 6) is 0.109. The monoisotopic (exact) mass is 347 g/mol. The average molecular weight is 347 g/mol. The van der Waals surface area contributed by atoms with Crippen LogP contribution >= 0.6 is 0 Å². The summed E-state index contributed by atoms with van der Waals surface area (Å²) >= 11 is 0. The average Bonchev–Trinajstić information content (AvgIpc) is 3.09. The molecule has 2 aromatic heterocycles. The Morgan fingerprint density at radius 2 is 1.88 bits per heavy atom. The number of rotatable bonds is 7. The molecule has 2 aromatic rings. The number of aliphatic carboxylic acids is 1. The maximum Gasteiger partial charge on any atom is 0.305 e. The van der Waals surface area contributed by atoms with E-state index < -0.39 is 11.5 Å². The molecule has 0 saturated carbocycles. The van der Waals surface area contributed by atoms with Crippen LogP contribution < -0.4 is 5.32 Å². The predicted octanol–water partition coefficient (Wildman–Crippen LogP) is 3.15. The summed E-state index contributed by atoms with van der Waals surface area (Å²) in [6.07, 6.45) is 0.985. The van der Waals surface area contributed by atoms with Crippen molar-refractivity contribution in [3.05, 3.63) is 34.8 Å². The fourth-order valence-electron chi connectivity index (χ4n) is 3.12. The van der Waals surface area contributed by atoms with Crippen LogP contribution in [0.3, 0.4) is 0 Å². The fourth-order valence-corrected chi connectivity index (χ4v) is 3.12. The van der Waals surface area contributed by atoms with Gasteiger partial charge in [0.25, 0.3) is 5.91 Å². The molecule has 7 heteroatoms. The number of hydrogen-bond donors (Lipinski definition) is 2. The molecule has 25 heavy (non-hydrogen) atoms. The molecule has 0 spiro atoms. The van der Waals surface area contributed by atoms with E-state index in [4.69, 9.17) is 4.52 Å². The lowest BCUT2D eigenvalue weighted by Gasteiger charge is -2.31. The Bertz CT molecular complexity index is 784. The third kappa shape index (κ3) is 3.75. The molecular weight excluding hydrogens is 322 g/mol. The number of carbonyl (C=O) groups is 2. The number of carbonyl (C=O) groups excluding carboxylic acids is 1. The van der Waals surface area contributed by atoms with Gasteiger partial charge in [0.05, 0.1) is 17.5 Å². The molecule has 0 aliphatic rings. The van der Waals surface area contributed by atoms with Crippen molar-refractivity contribution < 1.29 is 19.2 Å². The highest BCUT2D eigenvalue weighted by Crippen LogP contribution is 2.24. The molecule has 0 fully saturated rings. The Morgan fingerprint density at radius 1 is 1.24 bits per heavy atom. The van der Waals surface area contributed by atoms with Crippen LogP contribution in [-0.2, 0) is 4.79 Å².